The summed E-state index contributed by atoms with van der Waals surface area (Å²) in [6, 6.07) is 21.9. The number of anilines is 1. The van der Waals surface area contributed by atoms with Crippen molar-refractivity contribution in [2.24, 2.45) is 0 Å². The van der Waals surface area contributed by atoms with Crippen LogP contribution in [-0.4, -0.2) is 26.2 Å². The van der Waals surface area contributed by atoms with Gasteiger partial charge in [0.1, 0.15) is 25.0 Å². The van der Waals surface area contributed by atoms with Gasteiger partial charge in [0.25, 0.3) is 0 Å². The highest BCUT2D eigenvalue weighted by atomic mass is 79.9. The van der Waals surface area contributed by atoms with Gasteiger partial charge in [-0.1, -0.05) is 75.1 Å². The lowest BCUT2D eigenvalue weighted by Crippen LogP contribution is -2.30. The van der Waals surface area contributed by atoms with Crippen LogP contribution in [0.4, 0.5) is 5.95 Å². The van der Waals surface area contributed by atoms with Crippen molar-refractivity contribution in [1.82, 2.24) is 20.2 Å². The minimum absolute atomic E-state index is 0.143. The van der Waals surface area contributed by atoms with Crippen molar-refractivity contribution in [2.45, 2.75) is 26.2 Å². The second-order valence-electron chi connectivity index (χ2n) is 8.17. The Balaban J connectivity index is 1.49. The highest BCUT2D eigenvalue weighted by molar-refractivity contribution is 9.10. The SMILES string of the molecule is CC1=C(C(=O)OCc2ccccc2)C(c2cc(Br)ccc2OCc2ccc(Cl)cc2)n2nnnc2N1. The van der Waals surface area contributed by atoms with Crippen LogP contribution in [0.2, 0.25) is 5.02 Å². The molecule has 4 aromatic rings. The second-order valence-corrected chi connectivity index (χ2v) is 9.52. The molecule has 1 unspecified atom stereocenters. The number of allylic oxidation sites excluding steroid dienone is 1. The molecule has 182 valence electrons. The molecule has 0 bridgehead atoms. The van der Waals surface area contributed by atoms with Gasteiger partial charge in [0, 0.05) is 20.8 Å². The monoisotopic (exact) mass is 565 g/mol. The first kappa shape index (κ1) is 24.0. The number of esters is 1. The number of carbonyl (C=O) groups is 1. The number of hydrogen-bond donors (Lipinski definition) is 1. The molecule has 8 nitrogen and oxygen atoms in total. The molecular formula is C26H21BrClN5O3. The standard InChI is InChI=1S/C26H21BrClN5O3/c1-16-23(25(34)36-15-17-5-3-2-4-6-17)24(33-26(29-16)30-31-32-33)21-13-19(27)9-12-22(21)35-14-18-7-10-20(28)11-8-18/h2-13,24H,14-15H2,1H3,(H,29,30,32). The van der Waals surface area contributed by atoms with Gasteiger partial charge in [0.15, 0.2) is 0 Å². The largest absolute Gasteiger partial charge is 0.489 e. The van der Waals surface area contributed by atoms with Crippen molar-refractivity contribution in [3.05, 3.63) is 110 Å². The number of nitrogens with one attached hydrogen (secondary N) is 1. The van der Waals surface area contributed by atoms with Gasteiger partial charge >= 0.3 is 5.97 Å². The van der Waals surface area contributed by atoms with Crippen LogP contribution in [-0.2, 0) is 22.7 Å². The number of hydrogen-bond acceptors (Lipinski definition) is 7. The fourth-order valence-electron chi connectivity index (χ4n) is 3.97. The van der Waals surface area contributed by atoms with Crippen LogP contribution in [0.25, 0.3) is 0 Å². The first-order valence-corrected chi connectivity index (χ1v) is 12.3. The Morgan fingerprint density at radius 2 is 1.81 bits per heavy atom. The van der Waals surface area contributed by atoms with E-state index in [-0.39, 0.29) is 6.61 Å². The van der Waals surface area contributed by atoms with Crippen molar-refractivity contribution in [3.8, 4) is 5.75 Å². The van der Waals surface area contributed by atoms with Crippen molar-refractivity contribution in [1.29, 1.82) is 0 Å². The number of carbonyl (C=O) groups excluding carboxylic acids is 1. The van der Waals surface area contributed by atoms with Crippen molar-refractivity contribution < 1.29 is 14.3 Å². The summed E-state index contributed by atoms with van der Waals surface area (Å²) in [6.45, 7) is 2.26. The summed E-state index contributed by atoms with van der Waals surface area (Å²) in [5.74, 6) is 0.530. The molecule has 1 aromatic heterocycles. The van der Waals surface area contributed by atoms with Crippen molar-refractivity contribution in [2.75, 3.05) is 5.32 Å². The third-order valence-electron chi connectivity index (χ3n) is 5.72. The number of benzene rings is 3. The zero-order valence-electron chi connectivity index (χ0n) is 19.2. The molecule has 10 heteroatoms. The molecular weight excluding hydrogens is 546 g/mol. The topological polar surface area (TPSA) is 91.2 Å². The molecule has 0 radical (unpaired) electrons. The maximum atomic E-state index is 13.4. The lowest BCUT2D eigenvalue weighted by Gasteiger charge is -2.28. The fourth-order valence-corrected chi connectivity index (χ4v) is 4.48. The highest BCUT2D eigenvalue weighted by Gasteiger charge is 2.36. The Hall–Kier alpha value is -3.69. The molecule has 0 amide bonds. The van der Waals surface area contributed by atoms with E-state index >= 15 is 0 Å². The molecule has 5 rings (SSSR count). The molecule has 1 N–H and O–H groups in total. The molecule has 0 spiro atoms. The summed E-state index contributed by atoms with van der Waals surface area (Å²) in [7, 11) is 0. The van der Waals surface area contributed by atoms with Crippen molar-refractivity contribution in [3.63, 3.8) is 0 Å². The normalized spacial score (nSPS) is 14.7. The maximum absolute atomic E-state index is 13.4. The van der Waals surface area contributed by atoms with Crippen LogP contribution in [0.15, 0.2) is 88.5 Å². The van der Waals surface area contributed by atoms with Crippen LogP contribution in [0.3, 0.4) is 0 Å². The zero-order valence-corrected chi connectivity index (χ0v) is 21.5. The third kappa shape index (κ3) is 5.12. The number of nitrogens with zero attached hydrogens (tertiary/aromatic N) is 4. The predicted octanol–water partition coefficient (Wildman–Crippen LogP) is 5.70. The van der Waals surface area contributed by atoms with Crippen LogP contribution >= 0.6 is 27.5 Å². The molecule has 3 aromatic carbocycles. The van der Waals surface area contributed by atoms with Gasteiger partial charge in [-0.05, 0) is 58.8 Å². The van der Waals surface area contributed by atoms with Gasteiger partial charge < -0.3 is 14.8 Å². The molecule has 0 aliphatic carbocycles. The molecule has 2 heterocycles. The number of ether oxygens (including phenoxy) is 2. The van der Waals surface area contributed by atoms with E-state index in [0.717, 1.165) is 15.6 Å². The third-order valence-corrected chi connectivity index (χ3v) is 6.47. The summed E-state index contributed by atoms with van der Waals surface area (Å²) < 4.78 is 14.3. The summed E-state index contributed by atoms with van der Waals surface area (Å²) >= 11 is 9.56. The van der Waals surface area contributed by atoms with Crippen LogP contribution in [0.1, 0.15) is 29.7 Å². The summed E-state index contributed by atoms with van der Waals surface area (Å²) in [5, 5.41) is 15.8. The second kappa shape index (κ2) is 10.5. The molecule has 0 saturated carbocycles. The Labute approximate surface area is 221 Å². The minimum Gasteiger partial charge on any atom is -0.489 e. The fraction of sp³-hybridized carbons (Fsp3) is 0.154. The van der Waals surface area contributed by atoms with E-state index in [1.165, 1.54) is 0 Å². The van der Waals surface area contributed by atoms with Crippen LogP contribution in [0, 0.1) is 0 Å². The number of halogens is 2. The first-order valence-electron chi connectivity index (χ1n) is 11.1. The van der Waals surface area contributed by atoms with E-state index in [1.54, 1.807) is 11.6 Å². The van der Waals surface area contributed by atoms with E-state index in [4.69, 9.17) is 21.1 Å². The minimum atomic E-state index is -0.669. The Kier molecular flexibility index (Phi) is 7.02. The Morgan fingerprint density at radius 3 is 2.58 bits per heavy atom. The molecule has 1 aliphatic heterocycles. The average molecular weight is 567 g/mol. The molecule has 1 aliphatic rings. The number of fused-ring (bicyclic) bond motifs is 1. The smallest absolute Gasteiger partial charge is 0.338 e. The number of rotatable bonds is 7. The van der Waals surface area contributed by atoms with E-state index in [1.807, 2.05) is 72.8 Å². The van der Waals surface area contributed by atoms with E-state index < -0.39 is 12.0 Å². The van der Waals surface area contributed by atoms with Crippen molar-refractivity contribution >= 4 is 39.4 Å². The van der Waals surface area contributed by atoms with Gasteiger partial charge in [0.2, 0.25) is 5.95 Å². The summed E-state index contributed by atoms with van der Waals surface area (Å²) in [6.07, 6.45) is 0. The first-order chi connectivity index (χ1) is 17.5. The lowest BCUT2D eigenvalue weighted by atomic mass is 9.95. The maximum Gasteiger partial charge on any atom is 0.338 e. The summed E-state index contributed by atoms with van der Waals surface area (Å²) in [4.78, 5) is 13.4. The average Bonchev–Trinajstić information content (AvgIpc) is 3.35. The molecule has 0 saturated heterocycles. The van der Waals surface area contributed by atoms with E-state index in [2.05, 4.69) is 36.8 Å². The van der Waals surface area contributed by atoms with E-state index in [0.29, 0.717) is 40.2 Å². The predicted molar refractivity (Wildman–Crippen MR) is 138 cm³/mol. The van der Waals surface area contributed by atoms with Gasteiger partial charge in [-0.15, -0.1) is 0 Å². The number of tetrazole rings is 1. The Bertz CT molecular complexity index is 1420. The zero-order chi connectivity index (χ0) is 25.1. The van der Waals surface area contributed by atoms with Gasteiger partial charge in [-0.3, -0.25) is 0 Å². The van der Waals surface area contributed by atoms with Gasteiger partial charge in [-0.2, -0.15) is 4.68 Å². The quantitative estimate of drug-likeness (QED) is 0.287. The lowest BCUT2D eigenvalue weighted by molar-refractivity contribution is -0.140. The van der Waals surface area contributed by atoms with Gasteiger partial charge in [0.05, 0.1) is 5.57 Å². The molecule has 1 atom stereocenters. The summed E-state index contributed by atoms with van der Waals surface area (Å²) in [5.41, 5.74) is 3.54. The van der Waals surface area contributed by atoms with Crippen LogP contribution < -0.4 is 10.1 Å². The van der Waals surface area contributed by atoms with E-state index in [9.17, 15) is 4.79 Å². The van der Waals surface area contributed by atoms with Gasteiger partial charge in [-0.25, -0.2) is 4.79 Å². The Morgan fingerprint density at radius 1 is 1.06 bits per heavy atom. The molecule has 36 heavy (non-hydrogen) atoms. The highest BCUT2D eigenvalue weighted by Crippen LogP contribution is 2.40. The van der Waals surface area contributed by atoms with Crippen LogP contribution in [0.5, 0.6) is 5.75 Å². The molecule has 0 fully saturated rings. The number of aromatic nitrogens is 4.